The first-order valence-corrected chi connectivity index (χ1v) is 10.3. The van der Waals surface area contributed by atoms with E-state index in [-0.39, 0.29) is 29.9 Å². The zero-order chi connectivity index (χ0) is 22.0. The Bertz CT molecular complexity index is 1060. The molecule has 2 aliphatic rings. The number of aliphatic hydroxyl groups is 1. The molecule has 1 saturated carbocycles. The number of carbonyl (C=O) groups excluding carboxylic acids is 2. The molecule has 2 aromatic carbocycles. The average molecular weight is 418 g/mol. The van der Waals surface area contributed by atoms with Crippen LogP contribution in [0.25, 0.3) is 11.1 Å². The Hall–Kier alpha value is -3.58. The first kappa shape index (κ1) is 20.7. The van der Waals surface area contributed by atoms with Gasteiger partial charge in [-0.2, -0.15) is 0 Å². The number of carbonyl (C=O) groups is 2. The quantitative estimate of drug-likeness (QED) is 0.509. The van der Waals surface area contributed by atoms with Gasteiger partial charge in [-0.05, 0) is 53.5 Å². The molecule has 7 nitrogen and oxygen atoms in total. The van der Waals surface area contributed by atoms with Gasteiger partial charge in [-0.25, -0.2) is 0 Å². The molecule has 0 radical (unpaired) electrons. The molecule has 0 saturated heterocycles. The summed E-state index contributed by atoms with van der Waals surface area (Å²) in [5, 5.41) is 17.5. The van der Waals surface area contributed by atoms with E-state index in [1.807, 2.05) is 24.3 Å². The third-order valence-electron chi connectivity index (χ3n) is 5.87. The van der Waals surface area contributed by atoms with Crippen molar-refractivity contribution >= 4 is 11.8 Å². The van der Waals surface area contributed by atoms with E-state index in [0.717, 1.165) is 36.0 Å². The first-order valence-electron chi connectivity index (χ1n) is 10.3. The van der Waals surface area contributed by atoms with Gasteiger partial charge in [0.25, 0.3) is 11.8 Å². The topological polar surface area (TPSA) is 116 Å². The number of rotatable bonds is 5. The van der Waals surface area contributed by atoms with Gasteiger partial charge in [0, 0.05) is 6.04 Å². The molecule has 0 bridgehead atoms. The highest BCUT2D eigenvalue weighted by Gasteiger charge is 2.30. The summed E-state index contributed by atoms with van der Waals surface area (Å²) in [6, 6.07) is 16.3. The van der Waals surface area contributed by atoms with E-state index in [4.69, 9.17) is 5.73 Å². The Morgan fingerprint density at radius 3 is 2.65 bits per heavy atom. The van der Waals surface area contributed by atoms with Crippen molar-refractivity contribution in [3.8, 4) is 11.1 Å². The van der Waals surface area contributed by atoms with Crippen LogP contribution in [0.3, 0.4) is 0 Å². The molecule has 1 heterocycles. The Morgan fingerprint density at radius 1 is 1.13 bits per heavy atom. The highest BCUT2D eigenvalue weighted by atomic mass is 16.3. The summed E-state index contributed by atoms with van der Waals surface area (Å²) < 4.78 is 0. The molecule has 4 rings (SSSR count). The number of benzene rings is 2. The molecule has 0 spiro atoms. The minimum absolute atomic E-state index is 0.0127. The van der Waals surface area contributed by atoms with Crippen LogP contribution in [0.5, 0.6) is 0 Å². The second kappa shape index (κ2) is 8.65. The van der Waals surface area contributed by atoms with Crippen LogP contribution < -0.4 is 21.7 Å². The molecule has 0 unspecified atom stereocenters. The normalized spacial score (nSPS) is 20.9. The maximum absolute atomic E-state index is 12.6. The highest BCUT2D eigenvalue weighted by Crippen LogP contribution is 2.35. The summed E-state index contributed by atoms with van der Waals surface area (Å²) in [6.07, 6.45) is 2.65. The predicted octanol–water partition coefficient (Wildman–Crippen LogP) is 1.96. The van der Waals surface area contributed by atoms with Gasteiger partial charge in [0.05, 0.1) is 6.61 Å². The van der Waals surface area contributed by atoms with Crippen molar-refractivity contribution in [2.75, 3.05) is 0 Å². The fourth-order valence-electron chi connectivity index (χ4n) is 4.22. The van der Waals surface area contributed by atoms with Gasteiger partial charge in [0.15, 0.2) is 0 Å². The fraction of sp³-hybridized carbons (Fsp3) is 0.250. The van der Waals surface area contributed by atoms with E-state index in [0.29, 0.717) is 5.92 Å². The van der Waals surface area contributed by atoms with Crippen molar-refractivity contribution in [1.29, 1.82) is 0 Å². The van der Waals surface area contributed by atoms with Crippen molar-refractivity contribution in [3.63, 3.8) is 0 Å². The molecule has 1 fully saturated rings. The van der Waals surface area contributed by atoms with E-state index < -0.39 is 11.8 Å². The van der Waals surface area contributed by atoms with Crippen molar-refractivity contribution in [2.24, 2.45) is 5.73 Å². The maximum Gasteiger partial charge on any atom is 0.274 e. The summed E-state index contributed by atoms with van der Waals surface area (Å²) in [4.78, 5) is 24.4. The van der Waals surface area contributed by atoms with Crippen LogP contribution >= 0.6 is 0 Å². The van der Waals surface area contributed by atoms with Gasteiger partial charge in [-0.3, -0.25) is 9.59 Å². The van der Waals surface area contributed by atoms with Crippen LogP contribution in [0.15, 0.2) is 72.3 Å². The van der Waals surface area contributed by atoms with Gasteiger partial charge in [0.1, 0.15) is 17.2 Å². The highest BCUT2D eigenvalue weighted by molar-refractivity contribution is 6.05. The summed E-state index contributed by atoms with van der Waals surface area (Å²) in [5.74, 6) is -0.327. The first-order chi connectivity index (χ1) is 14.9. The SMILES string of the molecule is C=C1NC(=O)C(N)=C(C(=O)N[C@H]2CC[C@@H](c3ccc(-c4cccc(CO)c4)cc3)C2)N1. The molecule has 2 aromatic rings. The van der Waals surface area contributed by atoms with E-state index in [9.17, 15) is 14.7 Å². The lowest BCUT2D eigenvalue weighted by molar-refractivity contribution is -0.121. The van der Waals surface area contributed by atoms with Gasteiger partial charge in [-0.1, -0.05) is 49.0 Å². The molecular formula is C24H26N4O3. The second-order valence-corrected chi connectivity index (χ2v) is 8.01. The predicted molar refractivity (Wildman–Crippen MR) is 118 cm³/mol. The molecule has 7 heteroatoms. The Balaban J connectivity index is 1.40. The number of nitrogens with one attached hydrogen (secondary N) is 3. The Labute approximate surface area is 181 Å². The summed E-state index contributed by atoms with van der Waals surface area (Å²) >= 11 is 0. The second-order valence-electron chi connectivity index (χ2n) is 8.01. The van der Waals surface area contributed by atoms with Crippen LogP contribution in [0.1, 0.15) is 36.3 Å². The lowest BCUT2D eigenvalue weighted by Crippen LogP contribution is -2.47. The van der Waals surface area contributed by atoms with Gasteiger partial charge in [0.2, 0.25) is 0 Å². The minimum atomic E-state index is -0.525. The smallest absolute Gasteiger partial charge is 0.274 e. The monoisotopic (exact) mass is 418 g/mol. The summed E-state index contributed by atoms with van der Waals surface area (Å²) in [6.45, 7) is 3.65. The fourth-order valence-corrected chi connectivity index (χ4v) is 4.22. The molecule has 6 N–H and O–H groups in total. The number of hydrogen-bond acceptors (Lipinski definition) is 5. The molecular weight excluding hydrogens is 392 g/mol. The minimum Gasteiger partial charge on any atom is -0.392 e. The molecule has 1 aliphatic carbocycles. The maximum atomic E-state index is 12.6. The van der Waals surface area contributed by atoms with Gasteiger partial charge >= 0.3 is 0 Å². The lowest BCUT2D eigenvalue weighted by atomic mass is 9.94. The third kappa shape index (κ3) is 4.46. The third-order valence-corrected chi connectivity index (χ3v) is 5.87. The van der Waals surface area contributed by atoms with Crippen molar-refractivity contribution in [2.45, 2.75) is 37.8 Å². The number of hydrogen-bond donors (Lipinski definition) is 5. The van der Waals surface area contributed by atoms with Crippen LogP contribution in [0.2, 0.25) is 0 Å². The van der Waals surface area contributed by atoms with Crippen molar-refractivity contribution in [3.05, 3.63) is 83.5 Å². The van der Waals surface area contributed by atoms with E-state index in [2.05, 4.69) is 46.8 Å². The van der Waals surface area contributed by atoms with Gasteiger partial charge in [-0.15, -0.1) is 0 Å². The lowest BCUT2D eigenvalue weighted by Gasteiger charge is -2.22. The molecule has 2 amide bonds. The average Bonchev–Trinajstić information content (AvgIpc) is 3.24. The summed E-state index contributed by atoms with van der Waals surface area (Å²) in [5.41, 5.74) is 9.96. The van der Waals surface area contributed by atoms with E-state index >= 15 is 0 Å². The zero-order valence-electron chi connectivity index (χ0n) is 17.2. The molecule has 2 atom stereocenters. The number of aliphatic hydroxyl groups excluding tert-OH is 1. The molecule has 160 valence electrons. The van der Waals surface area contributed by atoms with Gasteiger partial charge < -0.3 is 26.8 Å². The largest absolute Gasteiger partial charge is 0.392 e. The standard InChI is InChI=1S/C24H26N4O3/c1-14-26-22(21(25)23(30)27-14)24(31)28-20-10-9-19(12-20)17-7-5-16(6-8-17)18-4-2-3-15(11-18)13-29/h2-8,11,19-20,26,29H,1,9-10,12-13,25H2,(H,27,30)(H,28,31)/t19-,20+/m1/s1. The van der Waals surface area contributed by atoms with Crippen LogP contribution in [0.4, 0.5) is 0 Å². The molecule has 31 heavy (non-hydrogen) atoms. The number of nitrogens with two attached hydrogens (primary N) is 1. The van der Waals surface area contributed by atoms with Crippen LogP contribution in [0, 0.1) is 0 Å². The Kier molecular flexibility index (Phi) is 5.77. The zero-order valence-corrected chi connectivity index (χ0v) is 17.2. The Morgan fingerprint density at radius 2 is 1.90 bits per heavy atom. The van der Waals surface area contributed by atoms with Crippen molar-refractivity contribution < 1.29 is 14.7 Å². The summed E-state index contributed by atoms with van der Waals surface area (Å²) in [7, 11) is 0. The molecule has 1 aliphatic heterocycles. The van der Waals surface area contributed by atoms with E-state index in [1.54, 1.807) is 0 Å². The number of amides is 2. The van der Waals surface area contributed by atoms with Crippen LogP contribution in [-0.4, -0.2) is 23.0 Å². The molecule has 0 aromatic heterocycles. The van der Waals surface area contributed by atoms with Crippen molar-refractivity contribution in [1.82, 2.24) is 16.0 Å². The van der Waals surface area contributed by atoms with E-state index in [1.165, 1.54) is 5.56 Å². The van der Waals surface area contributed by atoms with Crippen LogP contribution in [-0.2, 0) is 16.2 Å².